The Labute approximate surface area is 134 Å². The first-order valence-electron chi connectivity index (χ1n) is 5.94. The third kappa shape index (κ3) is 3.11. The van der Waals surface area contributed by atoms with Crippen LogP contribution >= 0.6 is 34.5 Å². The van der Waals surface area contributed by atoms with Crippen molar-refractivity contribution >= 4 is 39.5 Å². The molecule has 3 rings (SSSR count). The molecule has 0 amide bonds. The quantitative estimate of drug-likeness (QED) is 0.711. The predicted octanol–water partition coefficient (Wildman–Crippen LogP) is 3.22. The maximum atomic E-state index is 6.05. The van der Waals surface area contributed by atoms with Crippen LogP contribution in [0.2, 0.25) is 10.0 Å². The average Bonchev–Trinajstić information content (AvgIpc) is 3.00. The fraction of sp³-hybridized carbons (Fsp3) is 0.250. The van der Waals surface area contributed by atoms with Gasteiger partial charge in [-0.15, -0.1) is 10.2 Å². The van der Waals surface area contributed by atoms with Gasteiger partial charge in [-0.2, -0.15) is 9.61 Å². The molecule has 6 nitrogen and oxygen atoms in total. The van der Waals surface area contributed by atoms with Crippen LogP contribution in [0.1, 0.15) is 10.8 Å². The molecule has 0 aliphatic rings. The van der Waals surface area contributed by atoms with E-state index in [9.17, 15) is 0 Å². The van der Waals surface area contributed by atoms with Gasteiger partial charge >= 0.3 is 0 Å². The van der Waals surface area contributed by atoms with E-state index in [0.717, 1.165) is 5.01 Å². The number of hydrogen-bond acceptors (Lipinski definition) is 6. The minimum atomic E-state index is 0.293. The summed E-state index contributed by atoms with van der Waals surface area (Å²) in [5.74, 6) is 1.21. The number of ether oxygens (including phenoxy) is 2. The summed E-state index contributed by atoms with van der Waals surface area (Å²) in [6.07, 6.45) is 0. The van der Waals surface area contributed by atoms with Crippen molar-refractivity contribution in [3.8, 4) is 5.75 Å². The van der Waals surface area contributed by atoms with Crippen molar-refractivity contribution in [1.82, 2.24) is 19.8 Å². The van der Waals surface area contributed by atoms with Gasteiger partial charge in [-0.3, -0.25) is 0 Å². The van der Waals surface area contributed by atoms with Crippen LogP contribution in [0.15, 0.2) is 18.2 Å². The average molecular weight is 345 g/mol. The number of rotatable bonds is 5. The molecule has 2 aromatic heterocycles. The molecule has 0 atom stereocenters. The molecular formula is C12H10Cl2N4O2S. The molecule has 9 heteroatoms. The second-order valence-corrected chi connectivity index (χ2v) is 5.99. The molecule has 0 unspecified atom stereocenters. The summed E-state index contributed by atoms with van der Waals surface area (Å²) in [6, 6.07) is 5.08. The lowest BCUT2D eigenvalue weighted by Crippen LogP contribution is -2.00. The van der Waals surface area contributed by atoms with Gasteiger partial charge in [0.05, 0.1) is 5.02 Å². The van der Waals surface area contributed by atoms with Crippen molar-refractivity contribution in [1.29, 1.82) is 0 Å². The van der Waals surface area contributed by atoms with Crippen LogP contribution in [-0.4, -0.2) is 26.9 Å². The van der Waals surface area contributed by atoms with Crippen LogP contribution in [0.3, 0.4) is 0 Å². The Balaban J connectivity index is 1.75. The van der Waals surface area contributed by atoms with Gasteiger partial charge in [0.1, 0.15) is 19.0 Å². The lowest BCUT2D eigenvalue weighted by Gasteiger charge is -2.05. The molecule has 110 valence electrons. The summed E-state index contributed by atoms with van der Waals surface area (Å²) < 4.78 is 12.3. The van der Waals surface area contributed by atoms with Crippen LogP contribution < -0.4 is 4.74 Å². The van der Waals surface area contributed by atoms with Crippen LogP contribution in [0.5, 0.6) is 5.75 Å². The molecule has 3 aromatic rings. The van der Waals surface area contributed by atoms with E-state index < -0.39 is 0 Å². The Morgan fingerprint density at radius 1 is 1.24 bits per heavy atom. The Morgan fingerprint density at radius 2 is 2.10 bits per heavy atom. The van der Waals surface area contributed by atoms with Gasteiger partial charge in [0.2, 0.25) is 4.96 Å². The molecule has 21 heavy (non-hydrogen) atoms. The maximum Gasteiger partial charge on any atom is 0.234 e. The van der Waals surface area contributed by atoms with Crippen molar-refractivity contribution in [3.63, 3.8) is 0 Å². The molecular weight excluding hydrogens is 335 g/mol. The standard InChI is InChI=1S/C12H10Cl2N4O2S/c1-19-5-10-15-16-12-18(10)17-11(21-12)6-20-9-3-2-7(13)4-8(9)14/h2-4H,5-6H2,1H3. The molecule has 0 bridgehead atoms. The number of fused-ring (bicyclic) bond motifs is 1. The molecule has 0 radical (unpaired) electrons. The normalized spacial score (nSPS) is 11.2. The van der Waals surface area contributed by atoms with E-state index in [2.05, 4.69) is 15.3 Å². The molecule has 0 saturated carbocycles. The van der Waals surface area contributed by atoms with E-state index in [1.807, 2.05) is 0 Å². The summed E-state index contributed by atoms with van der Waals surface area (Å²) in [4.78, 5) is 0.697. The first-order valence-corrected chi connectivity index (χ1v) is 7.51. The fourth-order valence-corrected chi connectivity index (χ4v) is 2.93. The summed E-state index contributed by atoms with van der Waals surface area (Å²) >= 11 is 13.3. The van der Waals surface area contributed by atoms with Crippen LogP contribution in [0.25, 0.3) is 4.96 Å². The monoisotopic (exact) mass is 344 g/mol. The lowest BCUT2D eigenvalue weighted by molar-refractivity contribution is 0.176. The molecule has 2 heterocycles. The smallest absolute Gasteiger partial charge is 0.234 e. The van der Waals surface area contributed by atoms with Crippen molar-refractivity contribution in [2.45, 2.75) is 13.2 Å². The van der Waals surface area contributed by atoms with Crippen molar-refractivity contribution in [2.75, 3.05) is 7.11 Å². The Morgan fingerprint density at radius 3 is 2.86 bits per heavy atom. The second kappa shape index (κ2) is 6.15. The minimum Gasteiger partial charge on any atom is -0.485 e. The number of hydrogen-bond donors (Lipinski definition) is 0. The van der Waals surface area contributed by atoms with Crippen LogP contribution in [-0.2, 0) is 18.0 Å². The maximum absolute atomic E-state index is 6.05. The summed E-state index contributed by atoms with van der Waals surface area (Å²) in [5, 5.41) is 14.2. The number of methoxy groups -OCH3 is 1. The van der Waals surface area contributed by atoms with Gasteiger partial charge in [-0.25, -0.2) is 0 Å². The van der Waals surface area contributed by atoms with Crippen molar-refractivity contribution in [2.24, 2.45) is 0 Å². The Bertz CT molecular complexity index is 774. The van der Waals surface area contributed by atoms with E-state index >= 15 is 0 Å². The third-order valence-corrected chi connectivity index (χ3v) is 4.02. The molecule has 0 aliphatic heterocycles. The van der Waals surface area contributed by atoms with Gasteiger partial charge in [-0.05, 0) is 18.2 Å². The predicted molar refractivity (Wildman–Crippen MR) is 80.2 cm³/mol. The first-order chi connectivity index (χ1) is 10.2. The summed E-state index contributed by atoms with van der Waals surface area (Å²) in [6.45, 7) is 0.649. The number of nitrogens with zero attached hydrogens (tertiary/aromatic N) is 4. The van der Waals surface area contributed by atoms with Crippen molar-refractivity contribution < 1.29 is 9.47 Å². The lowest BCUT2D eigenvalue weighted by atomic mass is 10.3. The SMILES string of the molecule is COCc1nnc2sc(COc3ccc(Cl)cc3Cl)nn12. The number of benzene rings is 1. The van der Waals surface area contributed by atoms with E-state index in [4.69, 9.17) is 32.7 Å². The fourth-order valence-electron chi connectivity index (χ4n) is 1.71. The molecule has 0 fully saturated rings. The van der Waals surface area contributed by atoms with E-state index in [0.29, 0.717) is 39.8 Å². The van der Waals surface area contributed by atoms with Gasteiger partial charge in [0.15, 0.2) is 10.8 Å². The minimum absolute atomic E-state index is 0.293. The summed E-state index contributed by atoms with van der Waals surface area (Å²) in [7, 11) is 1.60. The molecule has 0 N–H and O–H groups in total. The summed E-state index contributed by atoms with van der Waals surface area (Å²) in [5.41, 5.74) is 0. The van der Waals surface area contributed by atoms with E-state index in [1.54, 1.807) is 29.8 Å². The second-order valence-electron chi connectivity index (χ2n) is 4.10. The van der Waals surface area contributed by atoms with Crippen molar-refractivity contribution in [3.05, 3.63) is 39.1 Å². The highest BCUT2D eigenvalue weighted by Crippen LogP contribution is 2.28. The number of aromatic nitrogens is 4. The molecule has 0 aliphatic carbocycles. The third-order valence-electron chi connectivity index (χ3n) is 2.62. The highest BCUT2D eigenvalue weighted by Gasteiger charge is 2.12. The van der Waals surface area contributed by atoms with Gasteiger partial charge in [-0.1, -0.05) is 34.5 Å². The van der Waals surface area contributed by atoms with Gasteiger partial charge in [0, 0.05) is 12.1 Å². The first kappa shape index (κ1) is 14.5. The Kier molecular flexibility index (Phi) is 4.25. The van der Waals surface area contributed by atoms with E-state index in [1.165, 1.54) is 11.3 Å². The highest BCUT2D eigenvalue weighted by atomic mass is 35.5. The highest BCUT2D eigenvalue weighted by molar-refractivity contribution is 7.16. The zero-order chi connectivity index (χ0) is 14.8. The Hall–Kier alpha value is -1.41. The zero-order valence-electron chi connectivity index (χ0n) is 10.9. The molecule has 1 aromatic carbocycles. The molecule has 0 spiro atoms. The number of halogens is 2. The van der Waals surface area contributed by atoms with Gasteiger partial charge < -0.3 is 9.47 Å². The van der Waals surface area contributed by atoms with Crippen LogP contribution in [0, 0.1) is 0 Å². The largest absolute Gasteiger partial charge is 0.485 e. The van der Waals surface area contributed by atoms with Gasteiger partial charge in [0.25, 0.3) is 0 Å². The molecule has 0 saturated heterocycles. The van der Waals surface area contributed by atoms with E-state index in [-0.39, 0.29) is 0 Å². The zero-order valence-corrected chi connectivity index (χ0v) is 13.2. The van der Waals surface area contributed by atoms with Crippen LogP contribution in [0.4, 0.5) is 0 Å². The topological polar surface area (TPSA) is 61.5 Å².